The van der Waals surface area contributed by atoms with E-state index in [9.17, 15) is 0 Å². The number of nitrogens with zero attached hydrogens (tertiary/aromatic N) is 4. The van der Waals surface area contributed by atoms with E-state index >= 15 is 0 Å². The van der Waals surface area contributed by atoms with E-state index in [1.165, 1.54) is 106 Å². The number of hydrogen-bond acceptors (Lipinski definition) is 6. The summed E-state index contributed by atoms with van der Waals surface area (Å²) < 4.78 is 5.10. The Balaban J connectivity index is 0.838. The number of rotatable bonds is 13. The monoisotopic (exact) mass is 1290 g/mol. The molecule has 6 heteroatoms. The average molecular weight is 1290 g/mol. The minimum atomic E-state index is 1.08. The summed E-state index contributed by atoms with van der Waals surface area (Å²) in [5, 5.41) is 14.7. The third kappa shape index (κ3) is 9.94. The highest BCUT2D eigenvalue weighted by atomic mass is 32.1. The topological polar surface area (TPSA) is 13.0 Å². The van der Waals surface area contributed by atoms with Crippen molar-refractivity contribution in [1.29, 1.82) is 0 Å². The van der Waals surface area contributed by atoms with Crippen molar-refractivity contribution in [2.45, 2.75) is 27.7 Å². The van der Waals surface area contributed by atoms with Gasteiger partial charge in [0.05, 0.1) is 22.7 Å². The fourth-order valence-corrected chi connectivity index (χ4v) is 17.6. The number of fused-ring (bicyclic) bond motifs is 14. The second-order valence-electron chi connectivity index (χ2n) is 25.8. The van der Waals surface area contributed by atoms with Crippen LogP contribution < -0.4 is 19.6 Å². The Morgan fingerprint density at radius 3 is 0.837 bits per heavy atom. The molecule has 0 N–H and O–H groups in total. The van der Waals surface area contributed by atoms with Crippen LogP contribution in [0.3, 0.4) is 0 Å². The van der Waals surface area contributed by atoms with Crippen LogP contribution in [0, 0.1) is 27.7 Å². The zero-order chi connectivity index (χ0) is 65.5. The van der Waals surface area contributed by atoms with Gasteiger partial charge in [0.25, 0.3) is 0 Å². The number of benzene rings is 16. The highest BCUT2D eigenvalue weighted by Crippen LogP contribution is 2.54. The van der Waals surface area contributed by atoms with Gasteiger partial charge in [0.1, 0.15) is 0 Å². The minimum absolute atomic E-state index is 1.08. The third-order valence-electron chi connectivity index (χ3n) is 19.7. The summed E-state index contributed by atoms with van der Waals surface area (Å²) in [6.45, 7) is 8.78. The molecule has 98 heavy (non-hydrogen) atoms. The quantitative estimate of drug-likeness (QED) is 0.114. The number of hydrogen-bond donors (Lipinski definition) is 0. The van der Waals surface area contributed by atoms with Gasteiger partial charge in [-0.05, 0) is 165 Å². The van der Waals surface area contributed by atoms with Crippen molar-refractivity contribution >= 4 is 174 Å². The van der Waals surface area contributed by atoms with Crippen molar-refractivity contribution in [2.24, 2.45) is 0 Å². The Hall–Kier alpha value is -11.8. The van der Waals surface area contributed by atoms with Crippen LogP contribution in [-0.4, -0.2) is 0 Å². The molecule has 0 atom stereocenters. The lowest BCUT2D eigenvalue weighted by Gasteiger charge is -2.29. The van der Waals surface area contributed by atoms with Crippen LogP contribution in [0.15, 0.2) is 328 Å². The first-order valence-corrected chi connectivity index (χ1v) is 35.3. The summed E-state index contributed by atoms with van der Waals surface area (Å²) in [6, 6.07) is 122. The van der Waals surface area contributed by atoms with Crippen molar-refractivity contribution in [3.63, 3.8) is 0 Å². The first-order valence-electron chi connectivity index (χ1n) is 33.6. The molecule has 0 aliphatic carbocycles. The van der Waals surface area contributed by atoms with Crippen LogP contribution in [0.4, 0.5) is 68.2 Å². The molecular weight excluding hydrogens is 1230 g/mol. The molecule has 0 aliphatic rings. The van der Waals surface area contributed by atoms with Crippen LogP contribution >= 0.6 is 22.7 Å². The van der Waals surface area contributed by atoms with E-state index in [1.54, 1.807) is 0 Å². The molecule has 0 saturated carbocycles. The van der Waals surface area contributed by atoms with Gasteiger partial charge in [-0.3, -0.25) is 0 Å². The third-order valence-corrected chi connectivity index (χ3v) is 22.3. The summed E-state index contributed by atoms with van der Waals surface area (Å²) in [4.78, 5) is 9.85. The molecule has 18 rings (SSSR count). The fourth-order valence-electron chi connectivity index (χ4n) is 15.0. The zero-order valence-corrected chi connectivity index (χ0v) is 56.4. The maximum atomic E-state index is 2.50. The molecule has 0 unspecified atom stereocenters. The van der Waals surface area contributed by atoms with E-state index in [-0.39, 0.29) is 0 Å². The first kappa shape index (κ1) is 58.8. The number of thiophene rings is 2. The van der Waals surface area contributed by atoms with Crippen LogP contribution in [0.25, 0.3) is 94.6 Å². The van der Waals surface area contributed by atoms with Gasteiger partial charge in [-0.25, -0.2) is 0 Å². The average Bonchev–Trinajstić information content (AvgIpc) is 1.55. The molecule has 0 amide bonds. The second-order valence-corrected chi connectivity index (χ2v) is 27.9. The lowest BCUT2D eigenvalue weighted by Crippen LogP contribution is -2.12. The van der Waals surface area contributed by atoms with Gasteiger partial charge in [0.15, 0.2) is 0 Å². The number of aryl methyl sites for hydroxylation is 4. The van der Waals surface area contributed by atoms with Crippen LogP contribution in [0.5, 0.6) is 0 Å². The molecule has 16 aromatic carbocycles. The van der Waals surface area contributed by atoms with Gasteiger partial charge in [0.2, 0.25) is 0 Å². The summed E-state index contributed by atoms with van der Waals surface area (Å²) in [6.07, 6.45) is 0. The van der Waals surface area contributed by atoms with Crippen LogP contribution in [0.2, 0.25) is 0 Å². The first-order chi connectivity index (χ1) is 48.3. The van der Waals surface area contributed by atoms with Gasteiger partial charge < -0.3 is 19.6 Å². The van der Waals surface area contributed by atoms with Gasteiger partial charge in [-0.15, -0.1) is 22.7 Å². The van der Waals surface area contributed by atoms with E-state index in [0.29, 0.717) is 0 Å². The Morgan fingerprint density at radius 1 is 0.184 bits per heavy atom. The summed E-state index contributed by atoms with van der Waals surface area (Å²) in [5.74, 6) is 0. The van der Waals surface area contributed by atoms with Gasteiger partial charge >= 0.3 is 0 Å². The van der Waals surface area contributed by atoms with E-state index in [1.807, 2.05) is 22.7 Å². The van der Waals surface area contributed by atoms with E-state index in [0.717, 1.165) is 79.4 Å². The standard InChI is InChI=1S/C92H66N4S2/c1-59-40-47-68(48-41-59)93(65-26-8-5-9-27-65)85-55-79-82-56-86(94(66-28-10-6-11-29-66)69-49-42-60(2)43-50-69)74-53-46-64(54-78(74)92(82)98-91(79)75-35-19-16-32-71(75)85)63-44-51-70(52-45-63)96(84-39-23-15-25-62(84)4)88-58-81-80-57-87(95(67-30-12-7-13-31-67)83-38-22-14-24-61(83)3)72-33-17-20-36-76(72)89(80)97-90(81)77-37-21-18-34-73(77)88/h5-58H,1-4H3. The van der Waals surface area contributed by atoms with Crippen molar-refractivity contribution in [1.82, 2.24) is 0 Å². The molecule has 0 radical (unpaired) electrons. The van der Waals surface area contributed by atoms with Crippen molar-refractivity contribution < 1.29 is 0 Å². The van der Waals surface area contributed by atoms with Crippen LogP contribution in [0.1, 0.15) is 22.3 Å². The molecule has 0 fully saturated rings. The van der Waals surface area contributed by atoms with Crippen LogP contribution in [-0.2, 0) is 0 Å². The molecule has 2 aromatic heterocycles. The Morgan fingerprint density at radius 2 is 0.449 bits per heavy atom. The van der Waals surface area contributed by atoms with Gasteiger partial charge in [-0.2, -0.15) is 0 Å². The Kier molecular flexibility index (Phi) is 14.5. The molecule has 0 aliphatic heterocycles. The molecule has 2 heterocycles. The van der Waals surface area contributed by atoms with E-state index in [4.69, 9.17) is 0 Å². The smallest absolute Gasteiger partial charge is 0.0547 e. The molecule has 0 bridgehead atoms. The van der Waals surface area contributed by atoms with Gasteiger partial charge in [0, 0.05) is 129 Å². The van der Waals surface area contributed by atoms with Gasteiger partial charge in [-0.1, -0.05) is 223 Å². The highest BCUT2D eigenvalue weighted by molar-refractivity contribution is 7.28. The maximum Gasteiger partial charge on any atom is 0.0547 e. The molecular formula is C92H66N4S2. The van der Waals surface area contributed by atoms with Crippen molar-refractivity contribution in [3.05, 3.63) is 350 Å². The Labute approximate surface area is 578 Å². The maximum absolute atomic E-state index is 2.50. The second kappa shape index (κ2) is 24.1. The highest BCUT2D eigenvalue weighted by Gasteiger charge is 2.27. The minimum Gasteiger partial charge on any atom is -0.310 e. The predicted molar refractivity (Wildman–Crippen MR) is 425 cm³/mol. The van der Waals surface area contributed by atoms with Crippen molar-refractivity contribution in [2.75, 3.05) is 19.6 Å². The summed E-state index contributed by atoms with van der Waals surface area (Å²) in [5.41, 5.74) is 20.6. The Bertz CT molecular complexity index is 6100. The van der Waals surface area contributed by atoms with E-state index < -0.39 is 0 Å². The summed E-state index contributed by atoms with van der Waals surface area (Å²) in [7, 11) is 0. The lowest BCUT2D eigenvalue weighted by atomic mass is 9.96. The molecule has 0 spiro atoms. The fraction of sp³-hybridized carbons (Fsp3) is 0.0435. The number of anilines is 12. The molecule has 4 nitrogen and oxygen atoms in total. The zero-order valence-electron chi connectivity index (χ0n) is 54.8. The van der Waals surface area contributed by atoms with Crippen molar-refractivity contribution in [3.8, 4) is 11.1 Å². The largest absolute Gasteiger partial charge is 0.310 e. The molecule has 0 saturated heterocycles. The number of para-hydroxylation sites is 5. The SMILES string of the molecule is Cc1ccc(N(c2ccccc2)c2cc3c4cc(N(c5ccccc5)c5ccc(C)cc5)c5ccc(-c6ccc(N(c7ccccc7C)c7cc8c9cc(N(c%10ccccc%10)c%10ccccc%10C)c%10ccccc%10c9sc8c8ccccc78)cc6)cc5c4sc3c3ccccc23)cc1. The summed E-state index contributed by atoms with van der Waals surface area (Å²) >= 11 is 3.83. The van der Waals surface area contributed by atoms with E-state index in [2.05, 4.69) is 375 Å². The normalized spacial score (nSPS) is 11.7. The molecule has 466 valence electrons. The predicted octanol–water partition coefficient (Wildman–Crippen LogP) is 27.8. The lowest BCUT2D eigenvalue weighted by molar-refractivity contribution is 1.26. The molecule has 18 aromatic rings.